The molecule has 1 amide bonds. The Hall–Kier alpha value is -2.14. The molecular formula is C15H15NO3S. The monoisotopic (exact) mass is 289 g/mol. The lowest BCUT2D eigenvalue weighted by atomic mass is 10.2. The van der Waals surface area contributed by atoms with Crippen molar-refractivity contribution in [2.45, 2.75) is 13.3 Å². The summed E-state index contributed by atoms with van der Waals surface area (Å²) >= 11 is 1.41. The van der Waals surface area contributed by atoms with Gasteiger partial charge in [-0.25, -0.2) is 0 Å². The first-order valence-electron chi connectivity index (χ1n) is 6.29. The van der Waals surface area contributed by atoms with Gasteiger partial charge >= 0.3 is 5.97 Å². The van der Waals surface area contributed by atoms with E-state index in [1.807, 2.05) is 19.1 Å². The van der Waals surface area contributed by atoms with E-state index in [1.165, 1.54) is 16.2 Å². The van der Waals surface area contributed by atoms with Gasteiger partial charge in [0, 0.05) is 10.6 Å². The van der Waals surface area contributed by atoms with Crippen LogP contribution in [-0.4, -0.2) is 23.5 Å². The zero-order valence-corrected chi connectivity index (χ0v) is 11.9. The molecule has 0 radical (unpaired) electrons. The van der Waals surface area contributed by atoms with Crippen LogP contribution in [0.5, 0.6) is 0 Å². The van der Waals surface area contributed by atoms with E-state index < -0.39 is 5.97 Å². The second-order valence-electron chi connectivity index (χ2n) is 4.24. The van der Waals surface area contributed by atoms with Crippen LogP contribution in [0.2, 0.25) is 0 Å². The summed E-state index contributed by atoms with van der Waals surface area (Å²) in [6, 6.07) is 12.5. The number of thiophene rings is 1. The van der Waals surface area contributed by atoms with Gasteiger partial charge < -0.3 is 5.11 Å². The number of rotatable bonds is 5. The first-order chi connectivity index (χ1) is 9.61. The van der Waals surface area contributed by atoms with Gasteiger partial charge in [-0.1, -0.05) is 25.1 Å². The molecule has 4 nitrogen and oxygen atoms in total. The highest BCUT2D eigenvalue weighted by Gasteiger charge is 2.21. The molecule has 0 aliphatic carbocycles. The Morgan fingerprint density at radius 2 is 1.85 bits per heavy atom. The van der Waals surface area contributed by atoms with Gasteiger partial charge in [-0.05, 0) is 30.7 Å². The third-order valence-corrected chi connectivity index (χ3v) is 4.04. The maximum atomic E-state index is 12.5. The highest BCUT2D eigenvalue weighted by molar-refractivity contribution is 7.14. The average molecular weight is 289 g/mol. The van der Waals surface area contributed by atoms with Crippen molar-refractivity contribution in [3.8, 4) is 0 Å². The standard InChI is InChI=1S/C15H15NO3S/c1-2-12-8-9-13(20-12)15(19)16(10-14(17)18)11-6-4-3-5-7-11/h3-9H,2,10H2,1H3,(H,17,18). The summed E-state index contributed by atoms with van der Waals surface area (Å²) in [5, 5.41) is 9.00. The first-order valence-corrected chi connectivity index (χ1v) is 7.11. The number of anilines is 1. The van der Waals surface area contributed by atoms with Gasteiger partial charge in [0.15, 0.2) is 0 Å². The number of hydrogen-bond donors (Lipinski definition) is 1. The van der Waals surface area contributed by atoms with Crippen LogP contribution in [0, 0.1) is 0 Å². The second kappa shape index (κ2) is 6.34. The largest absolute Gasteiger partial charge is 0.480 e. The van der Waals surface area contributed by atoms with Crippen LogP contribution >= 0.6 is 11.3 Å². The fourth-order valence-electron chi connectivity index (χ4n) is 1.84. The van der Waals surface area contributed by atoms with E-state index >= 15 is 0 Å². The molecule has 0 saturated carbocycles. The minimum Gasteiger partial charge on any atom is -0.480 e. The Bertz CT molecular complexity index is 607. The van der Waals surface area contributed by atoms with E-state index in [1.54, 1.807) is 30.3 Å². The maximum Gasteiger partial charge on any atom is 0.323 e. The number of nitrogens with zero attached hydrogens (tertiary/aromatic N) is 1. The molecule has 0 atom stereocenters. The molecule has 5 heteroatoms. The highest BCUT2D eigenvalue weighted by Crippen LogP contribution is 2.22. The zero-order chi connectivity index (χ0) is 14.5. The lowest BCUT2D eigenvalue weighted by molar-refractivity contribution is -0.135. The molecule has 1 N–H and O–H groups in total. The van der Waals surface area contributed by atoms with E-state index in [-0.39, 0.29) is 12.5 Å². The molecule has 0 unspecified atom stereocenters. The van der Waals surface area contributed by atoms with Crippen molar-refractivity contribution >= 4 is 28.9 Å². The van der Waals surface area contributed by atoms with Crippen LogP contribution in [0.15, 0.2) is 42.5 Å². The average Bonchev–Trinajstić information content (AvgIpc) is 2.94. The van der Waals surface area contributed by atoms with Gasteiger partial charge in [0.25, 0.3) is 5.91 Å². The number of aryl methyl sites for hydroxylation is 1. The number of carbonyl (C=O) groups excluding carboxylic acids is 1. The molecule has 20 heavy (non-hydrogen) atoms. The molecule has 104 valence electrons. The van der Waals surface area contributed by atoms with Crippen LogP contribution in [0.1, 0.15) is 21.5 Å². The van der Waals surface area contributed by atoms with E-state index in [2.05, 4.69) is 0 Å². The quantitative estimate of drug-likeness (QED) is 0.920. The molecule has 0 fully saturated rings. The van der Waals surface area contributed by atoms with E-state index in [9.17, 15) is 9.59 Å². The van der Waals surface area contributed by atoms with Crippen LogP contribution in [0.3, 0.4) is 0 Å². The second-order valence-corrected chi connectivity index (χ2v) is 5.41. The number of carboxylic acid groups (broad SMARTS) is 1. The lowest BCUT2D eigenvalue weighted by Gasteiger charge is -2.20. The van der Waals surface area contributed by atoms with Gasteiger partial charge in [-0.2, -0.15) is 0 Å². The van der Waals surface area contributed by atoms with Gasteiger partial charge in [0.05, 0.1) is 4.88 Å². The van der Waals surface area contributed by atoms with Crippen LogP contribution in [0.25, 0.3) is 0 Å². The SMILES string of the molecule is CCc1ccc(C(=O)N(CC(=O)O)c2ccccc2)s1. The molecule has 0 aliphatic heterocycles. The maximum absolute atomic E-state index is 12.5. The Morgan fingerprint density at radius 1 is 1.15 bits per heavy atom. The van der Waals surface area contributed by atoms with Crippen molar-refractivity contribution in [2.24, 2.45) is 0 Å². The molecule has 0 saturated heterocycles. The van der Waals surface area contributed by atoms with Crippen LogP contribution < -0.4 is 4.90 Å². The molecule has 1 aromatic heterocycles. The fraction of sp³-hybridized carbons (Fsp3) is 0.200. The van der Waals surface area contributed by atoms with E-state index in [0.29, 0.717) is 10.6 Å². The molecular weight excluding hydrogens is 274 g/mol. The summed E-state index contributed by atoms with van der Waals surface area (Å²) in [6.45, 7) is 1.68. The van der Waals surface area contributed by atoms with E-state index in [0.717, 1.165) is 11.3 Å². The first kappa shape index (κ1) is 14.3. The number of aliphatic carboxylic acids is 1. The van der Waals surface area contributed by atoms with Crippen molar-refractivity contribution in [1.82, 2.24) is 0 Å². The van der Waals surface area contributed by atoms with E-state index in [4.69, 9.17) is 5.11 Å². The van der Waals surface area contributed by atoms with Gasteiger partial charge in [0.2, 0.25) is 0 Å². The van der Waals surface area contributed by atoms with Gasteiger partial charge in [0.1, 0.15) is 6.54 Å². The minimum absolute atomic E-state index is 0.275. The molecule has 2 rings (SSSR count). The molecule has 0 bridgehead atoms. The summed E-state index contributed by atoms with van der Waals surface area (Å²) in [5.41, 5.74) is 0.589. The summed E-state index contributed by atoms with van der Waals surface area (Å²) in [6.07, 6.45) is 0.863. The smallest absolute Gasteiger partial charge is 0.323 e. The Balaban J connectivity index is 2.31. The van der Waals surface area contributed by atoms with Gasteiger partial charge in [-0.3, -0.25) is 14.5 Å². The number of para-hydroxylation sites is 1. The number of carbonyl (C=O) groups is 2. The zero-order valence-electron chi connectivity index (χ0n) is 11.1. The van der Waals surface area contributed by atoms with Crippen molar-refractivity contribution in [1.29, 1.82) is 0 Å². The predicted molar refractivity (Wildman–Crippen MR) is 79.5 cm³/mol. The van der Waals surface area contributed by atoms with Crippen molar-refractivity contribution < 1.29 is 14.7 Å². The normalized spacial score (nSPS) is 10.2. The Morgan fingerprint density at radius 3 is 2.40 bits per heavy atom. The fourth-order valence-corrected chi connectivity index (χ4v) is 2.74. The van der Waals surface area contributed by atoms with Crippen molar-refractivity contribution in [3.63, 3.8) is 0 Å². The van der Waals surface area contributed by atoms with Crippen molar-refractivity contribution in [3.05, 3.63) is 52.2 Å². The van der Waals surface area contributed by atoms with Crippen molar-refractivity contribution in [2.75, 3.05) is 11.4 Å². The predicted octanol–water partition coefficient (Wildman–Crippen LogP) is 3.04. The summed E-state index contributed by atoms with van der Waals surface area (Å²) in [5.74, 6) is -1.31. The number of amides is 1. The Kier molecular flexibility index (Phi) is 4.53. The summed E-state index contributed by atoms with van der Waals surface area (Å²) in [7, 11) is 0. The molecule has 2 aromatic rings. The molecule has 0 spiro atoms. The third kappa shape index (κ3) is 3.24. The summed E-state index contributed by atoms with van der Waals surface area (Å²) in [4.78, 5) is 26.4. The Labute approximate surface area is 121 Å². The number of benzene rings is 1. The van der Waals surface area contributed by atoms with Gasteiger partial charge in [-0.15, -0.1) is 11.3 Å². The minimum atomic E-state index is -1.03. The number of hydrogen-bond acceptors (Lipinski definition) is 3. The van der Waals surface area contributed by atoms with Crippen LogP contribution in [-0.2, 0) is 11.2 Å². The molecule has 0 aliphatic rings. The molecule has 1 heterocycles. The molecule has 1 aromatic carbocycles. The number of carboxylic acids is 1. The lowest BCUT2D eigenvalue weighted by Crippen LogP contribution is -2.35. The van der Waals surface area contributed by atoms with Crippen LogP contribution in [0.4, 0.5) is 5.69 Å². The summed E-state index contributed by atoms with van der Waals surface area (Å²) < 4.78 is 0. The topological polar surface area (TPSA) is 57.6 Å². The third-order valence-electron chi connectivity index (χ3n) is 2.83. The highest BCUT2D eigenvalue weighted by atomic mass is 32.1.